The van der Waals surface area contributed by atoms with Gasteiger partial charge in [0.05, 0.1) is 16.8 Å². The third kappa shape index (κ3) is 6.69. The van der Waals surface area contributed by atoms with E-state index in [0.717, 1.165) is 17.1 Å². The molecule has 0 heterocycles. The third-order valence-electron chi connectivity index (χ3n) is 17.2. The molecular formula is C73H57N. The van der Waals surface area contributed by atoms with Gasteiger partial charge >= 0.3 is 0 Å². The van der Waals surface area contributed by atoms with E-state index in [1.54, 1.807) is 0 Å². The van der Waals surface area contributed by atoms with Gasteiger partial charge in [-0.25, -0.2) is 0 Å². The van der Waals surface area contributed by atoms with Crippen molar-refractivity contribution >= 4 is 27.8 Å². The van der Waals surface area contributed by atoms with Crippen LogP contribution < -0.4 is 4.90 Å². The zero-order valence-electron chi connectivity index (χ0n) is 41.9. The Balaban J connectivity index is 1.06. The summed E-state index contributed by atoms with van der Waals surface area (Å²) >= 11 is 0. The van der Waals surface area contributed by atoms with Gasteiger partial charge in [0.25, 0.3) is 0 Å². The summed E-state index contributed by atoms with van der Waals surface area (Å²) in [4.78, 5) is 2.60. The molecule has 1 nitrogen and oxygen atoms in total. The molecule has 1 heteroatoms. The molecule has 354 valence electrons. The van der Waals surface area contributed by atoms with Crippen molar-refractivity contribution in [2.45, 2.75) is 55.8 Å². The number of rotatable bonds is 9. The number of hydrogen-bond acceptors (Lipinski definition) is 1. The Morgan fingerprint density at radius 2 is 0.838 bits per heavy atom. The first-order chi connectivity index (χ1) is 36.6. The van der Waals surface area contributed by atoms with Crippen LogP contribution in [0.2, 0.25) is 0 Å². The Morgan fingerprint density at radius 3 is 1.51 bits per heavy atom. The molecule has 0 saturated heterocycles. The highest BCUT2D eigenvalue weighted by Gasteiger charge is 2.47. The Kier molecular flexibility index (Phi) is 10.7. The van der Waals surface area contributed by atoms with Crippen molar-refractivity contribution < 1.29 is 0 Å². The summed E-state index contributed by atoms with van der Waals surface area (Å²) in [5, 5.41) is 2.69. The van der Waals surface area contributed by atoms with Crippen LogP contribution in [0.1, 0.15) is 89.5 Å². The van der Waals surface area contributed by atoms with Crippen molar-refractivity contribution in [2.24, 2.45) is 0 Å². The molecule has 74 heavy (non-hydrogen) atoms. The lowest BCUT2D eigenvalue weighted by Crippen LogP contribution is -2.28. The molecular weight excluding hydrogens is 891 g/mol. The number of fused-ring (bicyclic) bond motifs is 7. The van der Waals surface area contributed by atoms with Crippen molar-refractivity contribution in [3.63, 3.8) is 0 Å². The molecule has 0 aromatic heterocycles. The van der Waals surface area contributed by atoms with Crippen LogP contribution in [-0.2, 0) is 10.8 Å². The smallest absolute Gasteiger partial charge is 0.0714 e. The zero-order chi connectivity index (χ0) is 49.2. The molecule has 0 amide bonds. The van der Waals surface area contributed by atoms with E-state index in [4.69, 9.17) is 0 Å². The lowest BCUT2D eigenvalue weighted by atomic mass is 9.67. The minimum atomic E-state index is -0.564. The van der Waals surface area contributed by atoms with Crippen LogP contribution in [0.25, 0.3) is 55.3 Å². The van der Waals surface area contributed by atoms with E-state index in [0.29, 0.717) is 5.92 Å². The van der Waals surface area contributed by atoms with E-state index in [2.05, 4.69) is 273 Å². The molecule has 0 aliphatic heterocycles. The van der Waals surface area contributed by atoms with E-state index in [1.807, 2.05) is 0 Å². The maximum Gasteiger partial charge on any atom is 0.0714 e. The molecule has 1 saturated carbocycles. The minimum Gasteiger partial charge on any atom is -0.309 e. The minimum absolute atomic E-state index is 0.331. The monoisotopic (exact) mass is 947 g/mol. The Hall–Kier alpha value is -8.52. The number of para-hydroxylation sites is 2. The van der Waals surface area contributed by atoms with Gasteiger partial charge in [-0.1, -0.05) is 256 Å². The summed E-state index contributed by atoms with van der Waals surface area (Å²) < 4.78 is 0. The third-order valence-corrected chi connectivity index (χ3v) is 17.2. The van der Waals surface area contributed by atoms with Crippen molar-refractivity contribution in [1.82, 2.24) is 0 Å². The molecule has 0 bridgehead atoms. The molecule has 1 fully saturated rings. The van der Waals surface area contributed by atoms with Gasteiger partial charge in [-0.05, 0) is 139 Å². The van der Waals surface area contributed by atoms with Crippen molar-refractivity contribution in [2.75, 3.05) is 4.90 Å². The Morgan fingerprint density at radius 1 is 0.351 bits per heavy atom. The van der Waals surface area contributed by atoms with E-state index in [-0.39, 0.29) is 5.41 Å². The largest absolute Gasteiger partial charge is 0.309 e. The molecule has 14 rings (SSSR count). The highest BCUT2D eigenvalue weighted by molar-refractivity contribution is 6.05. The molecule has 0 spiro atoms. The summed E-state index contributed by atoms with van der Waals surface area (Å²) in [6.45, 7) is 2.42. The van der Waals surface area contributed by atoms with Gasteiger partial charge in [0, 0.05) is 22.2 Å². The van der Waals surface area contributed by atoms with Crippen LogP contribution in [0.4, 0.5) is 17.1 Å². The van der Waals surface area contributed by atoms with Crippen molar-refractivity contribution in [3.05, 3.63) is 305 Å². The molecule has 3 aliphatic rings. The highest BCUT2D eigenvalue weighted by Crippen LogP contribution is 2.60. The van der Waals surface area contributed by atoms with Gasteiger partial charge in [-0.2, -0.15) is 0 Å². The second kappa shape index (κ2) is 17.9. The molecule has 0 radical (unpaired) electrons. The fourth-order valence-electron chi connectivity index (χ4n) is 14.0. The van der Waals surface area contributed by atoms with Gasteiger partial charge < -0.3 is 4.90 Å². The lowest BCUT2D eigenvalue weighted by Gasteiger charge is -2.35. The first kappa shape index (κ1) is 44.2. The Labute approximate surface area is 436 Å². The first-order valence-electron chi connectivity index (χ1n) is 26.8. The fourth-order valence-corrected chi connectivity index (χ4v) is 14.0. The van der Waals surface area contributed by atoms with Gasteiger partial charge in [-0.15, -0.1) is 0 Å². The number of hydrogen-bond donors (Lipinski definition) is 0. The molecule has 0 N–H and O–H groups in total. The van der Waals surface area contributed by atoms with Crippen LogP contribution in [0.3, 0.4) is 0 Å². The van der Waals surface area contributed by atoms with Gasteiger partial charge in [-0.3, -0.25) is 0 Å². The number of anilines is 3. The topological polar surface area (TPSA) is 3.24 Å². The first-order valence-corrected chi connectivity index (χ1v) is 26.8. The van der Waals surface area contributed by atoms with Gasteiger partial charge in [0.1, 0.15) is 0 Å². The molecule has 3 aliphatic carbocycles. The van der Waals surface area contributed by atoms with Crippen LogP contribution in [0, 0.1) is 0 Å². The highest BCUT2D eigenvalue weighted by atomic mass is 15.1. The maximum absolute atomic E-state index is 2.60. The summed E-state index contributed by atoms with van der Waals surface area (Å²) in [7, 11) is 0. The van der Waals surface area contributed by atoms with E-state index >= 15 is 0 Å². The summed E-state index contributed by atoms with van der Waals surface area (Å²) in [5.74, 6) is 0.546. The van der Waals surface area contributed by atoms with E-state index < -0.39 is 5.41 Å². The second-order valence-corrected chi connectivity index (χ2v) is 21.0. The van der Waals surface area contributed by atoms with Gasteiger partial charge in [0.2, 0.25) is 0 Å². The molecule has 11 aromatic rings. The average molecular weight is 948 g/mol. The van der Waals surface area contributed by atoms with E-state index in [1.165, 1.54) is 132 Å². The predicted octanol–water partition coefficient (Wildman–Crippen LogP) is 19.4. The SMILES string of the molecule is CC1(c2ccccc2)c2ccccc2-c2c(-c3ccccc3N(c3ccc4c(c3)C(c3ccccc3)(c3ccccc3)c3ccccc3-4)c3ccccc3-c3cccc4cccc(C5CCCCC5)c34)cccc21. The molecule has 1 unspecified atom stereocenters. The Bertz CT molecular complexity index is 3860. The summed E-state index contributed by atoms with van der Waals surface area (Å²) in [6.07, 6.45) is 6.39. The lowest BCUT2D eigenvalue weighted by molar-refractivity contribution is 0.445. The van der Waals surface area contributed by atoms with Crippen LogP contribution in [0.5, 0.6) is 0 Å². The fraction of sp³-hybridized carbons (Fsp3) is 0.123. The number of benzene rings is 11. The predicted molar refractivity (Wildman–Crippen MR) is 310 cm³/mol. The van der Waals surface area contributed by atoms with E-state index in [9.17, 15) is 0 Å². The standard InChI is InChI=1S/C73H57N/c1-72(52-29-8-3-9-30-52)64-42-18-15-38-63(64)71-62(41-24-44-66(71)72)60-37-17-21-46-69(60)74(68-45-20-16-36-59(68)61-40-23-28-51-27-22-39-56(70(51)61)50-25-6-2-7-26-50)55-47-48-58-57-35-14-19-43-65(57)73(67(58)49-55,53-31-10-4-11-32-53)54-33-12-5-13-34-54/h3-5,8-24,27-50H,2,6-7,25-26H2,1H3. The summed E-state index contributed by atoms with van der Waals surface area (Å²) in [5.41, 5.74) is 23.1. The quantitative estimate of drug-likeness (QED) is 0.139. The molecule has 1 atom stereocenters. The second-order valence-electron chi connectivity index (χ2n) is 21.0. The zero-order valence-corrected chi connectivity index (χ0v) is 41.9. The summed E-state index contributed by atoms with van der Waals surface area (Å²) in [6, 6.07) is 98.5. The van der Waals surface area contributed by atoms with Crippen molar-refractivity contribution in [1.29, 1.82) is 0 Å². The normalized spacial score (nSPS) is 16.3. The average Bonchev–Trinajstić information content (AvgIpc) is 4.01. The van der Waals surface area contributed by atoms with Crippen molar-refractivity contribution in [3.8, 4) is 44.5 Å². The number of nitrogens with zero attached hydrogens (tertiary/aromatic N) is 1. The van der Waals surface area contributed by atoms with Gasteiger partial charge in [0.15, 0.2) is 0 Å². The van der Waals surface area contributed by atoms with Crippen LogP contribution in [-0.4, -0.2) is 0 Å². The maximum atomic E-state index is 2.60. The van der Waals surface area contributed by atoms with Crippen LogP contribution >= 0.6 is 0 Å². The van der Waals surface area contributed by atoms with Crippen LogP contribution in [0.15, 0.2) is 261 Å². The molecule has 11 aromatic carbocycles.